The van der Waals surface area contributed by atoms with E-state index in [4.69, 9.17) is 33.1 Å². The molecule has 202 valence electrons. The third-order valence-electron chi connectivity index (χ3n) is 5.11. The van der Waals surface area contributed by atoms with Crippen molar-refractivity contribution >= 4 is 29.2 Å². The second-order valence-electron chi connectivity index (χ2n) is 7.44. The van der Waals surface area contributed by atoms with Crippen LogP contribution in [-0.4, -0.2) is 75.9 Å². The second-order valence-corrected chi connectivity index (χ2v) is 7.44. The summed E-state index contributed by atoms with van der Waals surface area (Å²) in [5, 5.41) is 2.43. The summed E-state index contributed by atoms with van der Waals surface area (Å²) in [6, 6.07) is 9.78. The average Bonchev–Trinajstić information content (AvgIpc) is 2.91. The molecule has 0 aliphatic heterocycles. The molecule has 38 heavy (non-hydrogen) atoms. The van der Waals surface area contributed by atoms with Crippen molar-refractivity contribution in [2.45, 2.75) is 0 Å². The highest BCUT2D eigenvalue weighted by molar-refractivity contribution is 5.89. The van der Waals surface area contributed by atoms with Crippen molar-refractivity contribution < 1.29 is 47.5 Å². The lowest BCUT2D eigenvalue weighted by molar-refractivity contribution is -0.0795. The number of hydrogen-bond acceptors (Lipinski definition) is 11. The minimum Gasteiger partial charge on any atom is -0.456 e. The van der Waals surface area contributed by atoms with Crippen LogP contribution in [0.1, 0.15) is 0 Å². The number of hydroxylamine groups is 6. The summed E-state index contributed by atoms with van der Waals surface area (Å²) >= 11 is 0. The predicted octanol–water partition coefficient (Wildman–Crippen LogP) is 3.44. The molecule has 0 saturated heterocycles. The third-order valence-corrected chi connectivity index (χ3v) is 5.11. The minimum atomic E-state index is -0.945. The number of carbonyl (C=O) groups excluding carboxylic acids is 3. The van der Waals surface area contributed by atoms with Crippen LogP contribution in [0.25, 0.3) is 22.3 Å². The maximum absolute atomic E-state index is 13.1. The van der Waals surface area contributed by atoms with E-state index in [2.05, 4.69) is 0 Å². The highest BCUT2D eigenvalue weighted by atomic mass is 16.7. The first kappa shape index (κ1) is 27.9. The molecule has 14 nitrogen and oxygen atoms in total. The fourth-order valence-electron chi connectivity index (χ4n) is 2.91. The molecule has 1 heterocycles. The number of ether oxygens (including phenoxy) is 3. The second kappa shape index (κ2) is 12.1. The van der Waals surface area contributed by atoms with Crippen molar-refractivity contribution in [3.8, 4) is 28.6 Å². The Kier molecular flexibility index (Phi) is 8.85. The summed E-state index contributed by atoms with van der Waals surface area (Å²) in [6.07, 6.45) is -2.57. The van der Waals surface area contributed by atoms with E-state index in [9.17, 15) is 19.2 Å². The molecule has 0 radical (unpaired) electrons. The van der Waals surface area contributed by atoms with Gasteiger partial charge in [0.05, 0.1) is 21.3 Å². The quantitative estimate of drug-likeness (QED) is 0.413. The number of hydrogen-bond donors (Lipinski definition) is 0. The van der Waals surface area contributed by atoms with Gasteiger partial charge in [-0.1, -0.05) is 0 Å². The van der Waals surface area contributed by atoms with Gasteiger partial charge in [-0.3, -0.25) is 19.3 Å². The molecule has 0 atom stereocenters. The van der Waals surface area contributed by atoms with Gasteiger partial charge >= 0.3 is 18.3 Å². The van der Waals surface area contributed by atoms with Gasteiger partial charge in [-0.15, -0.1) is 0 Å². The van der Waals surface area contributed by atoms with Crippen molar-refractivity contribution in [2.24, 2.45) is 0 Å². The van der Waals surface area contributed by atoms with E-state index < -0.39 is 23.7 Å². The van der Waals surface area contributed by atoms with Gasteiger partial charge in [0.25, 0.3) is 0 Å². The summed E-state index contributed by atoms with van der Waals surface area (Å²) in [5.74, 6) is 0.0278. The first-order valence-corrected chi connectivity index (χ1v) is 10.8. The smallest absolute Gasteiger partial charge is 0.439 e. The fourth-order valence-corrected chi connectivity index (χ4v) is 2.91. The largest absolute Gasteiger partial charge is 0.456 e. The van der Waals surface area contributed by atoms with E-state index in [0.29, 0.717) is 5.56 Å². The number of rotatable bonds is 7. The summed E-state index contributed by atoms with van der Waals surface area (Å²) in [5.41, 5.74) is -0.130. The number of carbonyl (C=O) groups is 3. The number of fused-ring (bicyclic) bond motifs is 1. The van der Waals surface area contributed by atoms with Gasteiger partial charge in [-0.2, -0.15) is 15.2 Å². The Labute approximate surface area is 216 Å². The van der Waals surface area contributed by atoms with Gasteiger partial charge in [-0.25, -0.2) is 14.4 Å². The molecule has 0 spiro atoms. The van der Waals surface area contributed by atoms with Crippen LogP contribution in [0.5, 0.6) is 17.2 Å². The molecule has 0 unspecified atom stereocenters. The van der Waals surface area contributed by atoms with Crippen molar-refractivity contribution in [1.29, 1.82) is 0 Å². The molecule has 0 saturated carbocycles. The normalized spacial score (nSPS) is 10.6. The van der Waals surface area contributed by atoms with Crippen molar-refractivity contribution in [3.05, 3.63) is 52.7 Å². The molecular weight excluding hydrogens is 506 g/mol. The zero-order valence-electron chi connectivity index (χ0n) is 21.4. The van der Waals surface area contributed by atoms with E-state index in [0.717, 1.165) is 15.2 Å². The van der Waals surface area contributed by atoms with Crippen LogP contribution in [0, 0.1) is 0 Å². The zero-order valence-corrected chi connectivity index (χ0v) is 21.4. The third kappa shape index (κ3) is 6.36. The van der Waals surface area contributed by atoms with E-state index in [1.807, 2.05) is 0 Å². The van der Waals surface area contributed by atoms with Crippen molar-refractivity contribution in [1.82, 2.24) is 15.2 Å². The summed E-state index contributed by atoms with van der Waals surface area (Å²) in [6.45, 7) is 0. The Bertz CT molecular complexity index is 1390. The molecule has 0 aliphatic carbocycles. The van der Waals surface area contributed by atoms with Crippen molar-refractivity contribution in [3.63, 3.8) is 0 Å². The van der Waals surface area contributed by atoms with Crippen LogP contribution in [0.15, 0.2) is 51.7 Å². The Balaban J connectivity index is 2.04. The lowest BCUT2D eigenvalue weighted by atomic mass is 10.1. The molecular formula is C24H25N3O11. The SMILES string of the molecule is CON(C)C(=O)Oc1ccc(-c2cc(=O)c3c(OC(=O)N(C)OC)cc(OC(=O)N(C)OC)cc3o2)cc1. The van der Waals surface area contributed by atoms with Gasteiger partial charge in [-0.05, 0) is 24.3 Å². The summed E-state index contributed by atoms with van der Waals surface area (Å²) in [4.78, 5) is 63.8. The maximum atomic E-state index is 13.1. The maximum Gasteiger partial charge on any atom is 0.439 e. The zero-order chi connectivity index (χ0) is 28.0. The van der Waals surface area contributed by atoms with E-state index in [1.54, 1.807) is 12.1 Å². The van der Waals surface area contributed by atoms with Gasteiger partial charge in [0.2, 0.25) is 0 Å². The van der Waals surface area contributed by atoms with E-state index in [1.165, 1.54) is 72.8 Å². The molecule has 0 aliphatic rings. The Hall–Kier alpha value is -4.66. The standard InChI is InChI=1S/C24H25N3O11/c1-25(32-4)22(29)35-15-9-7-14(8-10-15)18-13-17(28)21-19(37-18)11-16(36-23(30)26(2)33-5)12-20(21)38-24(31)27(3)34-6/h7-13H,1-6H3. The van der Waals surface area contributed by atoms with Crippen LogP contribution in [0.2, 0.25) is 0 Å². The van der Waals surface area contributed by atoms with Gasteiger partial charge in [0.1, 0.15) is 28.2 Å². The number of benzene rings is 2. The molecule has 0 N–H and O–H groups in total. The Morgan fingerprint density at radius 2 is 1.18 bits per heavy atom. The predicted molar refractivity (Wildman–Crippen MR) is 130 cm³/mol. The molecule has 1 aromatic heterocycles. The Morgan fingerprint density at radius 1 is 0.684 bits per heavy atom. The molecule has 14 heteroatoms. The van der Waals surface area contributed by atoms with Crippen LogP contribution in [-0.2, 0) is 14.5 Å². The van der Waals surface area contributed by atoms with E-state index in [-0.39, 0.29) is 34.0 Å². The number of amides is 3. The highest BCUT2D eigenvalue weighted by Gasteiger charge is 2.21. The lowest BCUT2D eigenvalue weighted by Crippen LogP contribution is -2.29. The molecule has 0 fully saturated rings. The van der Waals surface area contributed by atoms with Gasteiger partial charge in [0, 0.05) is 44.9 Å². The van der Waals surface area contributed by atoms with Crippen LogP contribution in [0.4, 0.5) is 14.4 Å². The fraction of sp³-hybridized carbons (Fsp3) is 0.250. The molecule has 0 bridgehead atoms. The molecule has 3 amide bonds. The van der Waals surface area contributed by atoms with Crippen LogP contribution >= 0.6 is 0 Å². The topological polar surface area (TPSA) is 147 Å². The van der Waals surface area contributed by atoms with Gasteiger partial charge in [0.15, 0.2) is 11.2 Å². The molecule has 3 aromatic rings. The summed E-state index contributed by atoms with van der Waals surface area (Å²) in [7, 11) is 7.85. The van der Waals surface area contributed by atoms with E-state index >= 15 is 0 Å². The highest BCUT2D eigenvalue weighted by Crippen LogP contribution is 2.33. The lowest BCUT2D eigenvalue weighted by Gasteiger charge is -2.16. The van der Waals surface area contributed by atoms with Crippen molar-refractivity contribution in [2.75, 3.05) is 42.5 Å². The van der Waals surface area contributed by atoms with Gasteiger partial charge < -0.3 is 18.6 Å². The minimum absolute atomic E-state index is 0.0436. The monoisotopic (exact) mass is 531 g/mol. The molecule has 2 aromatic carbocycles. The molecule has 3 rings (SSSR count). The average molecular weight is 531 g/mol. The van der Waals surface area contributed by atoms with Crippen LogP contribution < -0.4 is 19.6 Å². The first-order chi connectivity index (χ1) is 18.1. The summed E-state index contributed by atoms with van der Waals surface area (Å²) < 4.78 is 21.6. The number of nitrogens with zero attached hydrogens (tertiary/aromatic N) is 3. The Morgan fingerprint density at radius 3 is 1.71 bits per heavy atom. The first-order valence-electron chi connectivity index (χ1n) is 10.8. The van der Waals surface area contributed by atoms with Crippen LogP contribution in [0.3, 0.4) is 0 Å².